The molecule has 0 atom stereocenters. The lowest BCUT2D eigenvalue weighted by molar-refractivity contribution is 0.443. The van der Waals surface area contributed by atoms with E-state index < -0.39 is 5.54 Å². The molecule has 0 bridgehead atoms. The van der Waals surface area contributed by atoms with Gasteiger partial charge >= 0.3 is 0 Å². The van der Waals surface area contributed by atoms with Crippen LogP contribution in [0.2, 0.25) is 0 Å². The summed E-state index contributed by atoms with van der Waals surface area (Å²) >= 11 is 1.49. The largest absolute Gasteiger partial charge is 0.508 e. The molecule has 0 amide bonds. The maximum Gasteiger partial charge on any atom is 0.195 e. The molecule has 3 nitrogen and oxygen atoms in total. The molecule has 0 aliphatic carbocycles. The van der Waals surface area contributed by atoms with E-state index in [1.54, 1.807) is 12.1 Å². The molecule has 21 heavy (non-hydrogen) atoms. The highest BCUT2D eigenvalue weighted by Crippen LogP contribution is 2.37. The van der Waals surface area contributed by atoms with Gasteiger partial charge in [0.25, 0.3) is 0 Å². The SMILES string of the molecule is CC(C)(N)c1c(O)ccc2c(=O)c3ccccc3sc12.Cl. The molecular weight excluding hydrogens is 306 g/mol. The van der Waals surface area contributed by atoms with Gasteiger partial charge in [-0.15, -0.1) is 23.7 Å². The van der Waals surface area contributed by atoms with Gasteiger partial charge in [0.15, 0.2) is 5.43 Å². The molecule has 3 aromatic rings. The number of hydrogen-bond donors (Lipinski definition) is 2. The summed E-state index contributed by atoms with van der Waals surface area (Å²) in [6.45, 7) is 3.65. The van der Waals surface area contributed by atoms with Crippen molar-refractivity contribution in [3.63, 3.8) is 0 Å². The van der Waals surface area contributed by atoms with E-state index in [9.17, 15) is 9.90 Å². The molecule has 3 rings (SSSR count). The second kappa shape index (κ2) is 5.30. The van der Waals surface area contributed by atoms with Crippen LogP contribution in [-0.4, -0.2) is 5.11 Å². The first-order valence-corrected chi connectivity index (χ1v) is 7.18. The quantitative estimate of drug-likeness (QED) is 0.671. The number of fused-ring (bicyclic) bond motifs is 2. The fraction of sp³-hybridized carbons (Fsp3) is 0.188. The van der Waals surface area contributed by atoms with Crippen molar-refractivity contribution in [2.24, 2.45) is 5.73 Å². The first-order valence-electron chi connectivity index (χ1n) is 6.36. The first-order chi connectivity index (χ1) is 9.39. The summed E-state index contributed by atoms with van der Waals surface area (Å²) in [7, 11) is 0. The number of phenols is 1. The number of halogens is 1. The molecule has 0 aliphatic rings. The summed E-state index contributed by atoms with van der Waals surface area (Å²) in [5, 5.41) is 11.4. The molecule has 3 N–H and O–H groups in total. The average molecular weight is 322 g/mol. The third-order valence-corrected chi connectivity index (χ3v) is 4.57. The standard InChI is InChI=1S/C16H15NO2S.ClH/c1-16(2,17)13-11(18)8-7-10-14(19)9-5-3-4-6-12(9)20-15(10)13;/h3-8,18H,17H2,1-2H3;1H. The van der Waals surface area contributed by atoms with Crippen LogP contribution in [0.1, 0.15) is 19.4 Å². The lowest BCUT2D eigenvalue weighted by Crippen LogP contribution is -2.29. The third kappa shape index (κ3) is 2.50. The molecule has 1 heterocycles. The van der Waals surface area contributed by atoms with E-state index in [2.05, 4.69) is 0 Å². The zero-order valence-electron chi connectivity index (χ0n) is 11.7. The highest BCUT2D eigenvalue weighted by molar-refractivity contribution is 7.24. The number of phenolic OH excluding ortho intramolecular Hbond substituents is 1. The second-order valence-electron chi connectivity index (χ2n) is 5.49. The molecule has 0 radical (unpaired) electrons. The molecule has 5 heteroatoms. The van der Waals surface area contributed by atoms with Gasteiger partial charge in [0, 0.05) is 31.3 Å². The maximum absolute atomic E-state index is 12.6. The fourth-order valence-corrected chi connectivity index (χ4v) is 3.86. The van der Waals surface area contributed by atoms with Gasteiger partial charge in [-0.25, -0.2) is 0 Å². The van der Waals surface area contributed by atoms with Crippen molar-refractivity contribution < 1.29 is 5.11 Å². The van der Waals surface area contributed by atoms with Crippen LogP contribution in [0, 0.1) is 0 Å². The van der Waals surface area contributed by atoms with Crippen molar-refractivity contribution in [1.29, 1.82) is 0 Å². The minimum absolute atomic E-state index is 0. The number of benzene rings is 2. The van der Waals surface area contributed by atoms with E-state index in [4.69, 9.17) is 5.73 Å². The Bertz CT molecular complexity index is 881. The third-order valence-electron chi connectivity index (χ3n) is 3.37. The molecule has 0 saturated heterocycles. The smallest absolute Gasteiger partial charge is 0.195 e. The minimum atomic E-state index is -0.713. The van der Waals surface area contributed by atoms with Gasteiger partial charge in [-0.05, 0) is 38.1 Å². The topological polar surface area (TPSA) is 63.3 Å². The van der Waals surface area contributed by atoms with Crippen LogP contribution < -0.4 is 11.2 Å². The summed E-state index contributed by atoms with van der Waals surface area (Å²) in [4.78, 5) is 12.6. The summed E-state index contributed by atoms with van der Waals surface area (Å²) in [6, 6.07) is 10.7. The Morgan fingerprint density at radius 1 is 1.10 bits per heavy atom. The van der Waals surface area contributed by atoms with Crippen molar-refractivity contribution in [3.05, 3.63) is 52.2 Å². The average Bonchev–Trinajstić information content (AvgIpc) is 2.37. The van der Waals surface area contributed by atoms with E-state index in [1.807, 2.05) is 38.1 Å². The Morgan fingerprint density at radius 2 is 1.76 bits per heavy atom. The van der Waals surface area contributed by atoms with Gasteiger partial charge in [0.1, 0.15) is 5.75 Å². The van der Waals surface area contributed by atoms with Crippen LogP contribution in [0.25, 0.3) is 20.2 Å². The van der Waals surface area contributed by atoms with Gasteiger partial charge in [-0.1, -0.05) is 12.1 Å². The number of nitrogens with two attached hydrogens (primary N) is 1. The minimum Gasteiger partial charge on any atom is -0.508 e. The zero-order chi connectivity index (χ0) is 14.5. The van der Waals surface area contributed by atoms with Gasteiger partial charge in [-0.3, -0.25) is 4.79 Å². The van der Waals surface area contributed by atoms with Crippen molar-refractivity contribution >= 4 is 43.9 Å². The summed E-state index contributed by atoms with van der Waals surface area (Å²) < 4.78 is 1.67. The first kappa shape index (κ1) is 15.8. The van der Waals surface area contributed by atoms with Crippen molar-refractivity contribution in [3.8, 4) is 5.75 Å². The number of rotatable bonds is 1. The molecular formula is C16H16ClNO2S. The molecule has 0 saturated carbocycles. The van der Waals surface area contributed by atoms with E-state index in [-0.39, 0.29) is 23.6 Å². The number of aromatic hydroxyl groups is 1. The van der Waals surface area contributed by atoms with Crippen LogP contribution in [0.5, 0.6) is 5.75 Å². The van der Waals surface area contributed by atoms with Crippen LogP contribution in [0.4, 0.5) is 0 Å². The van der Waals surface area contributed by atoms with Crippen LogP contribution in [-0.2, 0) is 5.54 Å². The maximum atomic E-state index is 12.6. The number of hydrogen-bond acceptors (Lipinski definition) is 4. The van der Waals surface area contributed by atoms with Crippen molar-refractivity contribution in [2.45, 2.75) is 19.4 Å². The molecule has 0 aliphatic heterocycles. The van der Waals surface area contributed by atoms with Crippen molar-refractivity contribution in [1.82, 2.24) is 0 Å². The van der Waals surface area contributed by atoms with E-state index >= 15 is 0 Å². The molecule has 0 fully saturated rings. The molecule has 0 spiro atoms. The monoisotopic (exact) mass is 321 g/mol. The van der Waals surface area contributed by atoms with E-state index in [0.29, 0.717) is 16.3 Å². The normalized spacial score (nSPS) is 11.6. The van der Waals surface area contributed by atoms with Crippen LogP contribution in [0.3, 0.4) is 0 Å². The highest BCUT2D eigenvalue weighted by Gasteiger charge is 2.23. The van der Waals surface area contributed by atoms with Crippen LogP contribution >= 0.6 is 23.7 Å². The molecule has 1 aromatic heterocycles. The Labute approximate surface area is 132 Å². The Hall–Kier alpha value is -1.62. The summed E-state index contributed by atoms with van der Waals surface area (Å²) in [5.74, 6) is 0.135. The Kier molecular flexibility index (Phi) is 3.97. The van der Waals surface area contributed by atoms with Gasteiger partial charge in [-0.2, -0.15) is 0 Å². The van der Waals surface area contributed by atoms with Crippen molar-refractivity contribution in [2.75, 3.05) is 0 Å². The van der Waals surface area contributed by atoms with Crippen LogP contribution in [0.15, 0.2) is 41.2 Å². The Balaban J connectivity index is 0.00000161. The highest BCUT2D eigenvalue weighted by atomic mass is 35.5. The lowest BCUT2D eigenvalue weighted by Gasteiger charge is -2.22. The predicted octanol–water partition coefficient (Wildman–Crippen LogP) is 3.74. The predicted molar refractivity (Wildman–Crippen MR) is 91.7 cm³/mol. The van der Waals surface area contributed by atoms with Gasteiger partial charge in [0.2, 0.25) is 0 Å². The molecule has 2 aromatic carbocycles. The molecule has 110 valence electrons. The van der Waals surface area contributed by atoms with E-state index in [1.165, 1.54) is 11.3 Å². The molecule has 0 unspecified atom stereocenters. The zero-order valence-corrected chi connectivity index (χ0v) is 13.3. The van der Waals surface area contributed by atoms with E-state index in [0.717, 1.165) is 9.40 Å². The summed E-state index contributed by atoms with van der Waals surface area (Å²) in [6.07, 6.45) is 0. The lowest BCUT2D eigenvalue weighted by atomic mass is 9.93. The Morgan fingerprint density at radius 3 is 2.43 bits per heavy atom. The van der Waals surface area contributed by atoms with Gasteiger partial charge < -0.3 is 10.8 Å². The summed E-state index contributed by atoms with van der Waals surface area (Å²) in [5.41, 5.74) is 6.06. The van der Waals surface area contributed by atoms with Gasteiger partial charge in [0.05, 0.1) is 0 Å². The second-order valence-corrected chi connectivity index (χ2v) is 6.54. The fourth-order valence-electron chi connectivity index (χ4n) is 2.48.